The molecule has 0 amide bonds. The highest BCUT2D eigenvalue weighted by molar-refractivity contribution is 6.03. The van der Waals surface area contributed by atoms with E-state index in [1.807, 2.05) is 0 Å². The normalized spacial score (nSPS) is 11.7. The largest absolute Gasteiger partial charge is 0.314 e. The molecule has 0 atom stereocenters. The SMILES string of the molecule is c1ccc2c(CNCCNCCNCCNCCNCCNCc3c4ccccc4cc4ccccc34)c3ccccc3cc2c1. The summed E-state index contributed by atoms with van der Waals surface area (Å²) in [6.07, 6.45) is 0. The molecule has 6 nitrogen and oxygen atoms in total. The van der Waals surface area contributed by atoms with Crippen molar-refractivity contribution in [3.63, 3.8) is 0 Å². The average molecular weight is 613 g/mol. The van der Waals surface area contributed by atoms with Crippen molar-refractivity contribution in [2.75, 3.05) is 65.4 Å². The molecule has 0 aliphatic carbocycles. The van der Waals surface area contributed by atoms with Gasteiger partial charge < -0.3 is 31.9 Å². The van der Waals surface area contributed by atoms with E-state index in [9.17, 15) is 0 Å². The van der Waals surface area contributed by atoms with E-state index in [0.29, 0.717) is 0 Å². The minimum Gasteiger partial charge on any atom is -0.314 e. The first-order valence-electron chi connectivity index (χ1n) is 16.9. The molecule has 0 fully saturated rings. The Balaban J connectivity index is 0.769. The first-order chi connectivity index (χ1) is 22.9. The van der Waals surface area contributed by atoms with Gasteiger partial charge in [-0.2, -0.15) is 0 Å². The lowest BCUT2D eigenvalue weighted by molar-refractivity contribution is 0.552. The van der Waals surface area contributed by atoms with Crippen LogP contribution in [-0.4, -0.2) is 65.4 Å². The van der Waals surface area contributed by atoms with Crippen LogP contribution in [0.5, 0.6) is 0 Å². The summed E-state index contributed by atoms with van der Waals surface area (Å²) in [7, 11) is 0. The van der Waals surface area contributed by atoms with Crippen molar-refractivity contribution in [3.8, 4) is 0 Å². The quantitative estimate of drug-likeness (QED) is 0.0534. The molecule has 0 spiro atoms. The molecule has 0 heterocycles. The maximum absolute atomic E-state index is 3.65. The summed E-state index contributed by atoms with van der Waals surface area (Å²) >= 11 is 0. The van der Waals surface area contributed by atoms with Crippen LogP contribution >= 0.6 is 0 Å². The van der Waals surface area contributed by atoms with Crippen LogP contribution < -0.4 is 31.9 Å². The second-order valence-electron chi connectivity index (χ2n) is 11.9. The van der Waals surface area contributed by atoms with Crippen LogP contribution in [0.25, 0.3) is 43.1 Å². The molecule has 6 rings (SSSR count). The van der Waals surface area contributed by atoms with Crippen LogP contribution in [0.1, 0.15) is 11.1 Å². The van der Waals surface area contributed by atoms with Crippen molar-refractivity contribution in [2.24, 2.45) is 0 Å². The monoisotopic (exact) mass is 612 g/mol. The molecule has 0 unspecified atom stereocenters. The Hall–Kier alpha value is -3.88. The maximum atomic E-state index is 3.65. The minimum atomic E-state index is 0.876. The van der Waals surface area contributed by atoms with Crippen molar-refractivity contribution in [1.29, 1.82) is 0 Å². The Morgan fingerprint density at radius 1 is 0.283 bits per heavy atom. The molecule has 0 saturated heterocycles. The molecule has 238 valence electrons. The Labute approximate surface area is 273 Å². The highest BCUT2D eigenvalue weighted by Gasteiger charge is 2.08. The maximum Gasteiger partial charge on any atom is 0.0218 e. The van der Waals surface area contributed by atoms with Gasteiger partial charge >= 0.3 is 0 Å². The zero-order valence-electron chi connectivity index (χ0n) is 26.9. The molecule has 0 radical (unpaired) electrons. The number of nitrogens with one attached hydrogen (secondary N) is 6. The van der Waals surface area contributed by atoms with Gasteiger partial charge in [0.25, 0.3) is 0 Å². The van der Waals surface area contributed by atoms with Crippen LogP contribution in [0.15, 0.2) is 109 Å². The summed E-state index contributed by atoms with van der Waals surface area (Å²) in [5.74, 6) is 0. The fourth-order valence-corrected chi connectivity index (χ4v) is 6.41. The number of rotatable bonds is 19. The Bertz CT molecular complexity index is 1590. The van der Waals surface area contributed by atoms with Crippen LogP contribution in [0, 0.1) is 0 Å². The van der Waals surface area contributed by atoms with E-state index < -0.39 is 0 Å². The van der Waals surface area contributed by atoms with E-state index in [4.69, 9.17) is 0 Å². The van der Waals surface area contributed by atoms with Gasteiger partial charge in [-0.3, -0.25) is 0 Å². The van der Waals surface area contributed by atoms with Gasteiger partial charge in [0.15, 0.2) is 0 Å². The Kier molecular flexibility index (Phi) is 12.0. The second kappa shape index (κ2) is 17.2. The highest BCUT2D eigenvalue weighted by Crippen LogP contribution is 2.29. The van der Waals surface area contributed by atoms with Crippen LogP contribution in [-0.2, 0) is 13.1 Å². The highest BCUT2D eigenvalue weighted by atomic mass is 15.0. The number of benzene rings is 6. The van der Waals surface area contributed by atoms with Gasteiger partial charge in [0.2, 0.25) is 0 Å². The number of fused-ring (bicyclic) bond motifs is 4. The molecule has 0 saturated carbocycles. The summed E-state index contributed by atoms with van der Waals surface area (Å²) in [5, 5.41) is 32.0. The molecule has 0 bridgehead atoms. The Morgan fingerprint density at radius 3 is 0.804 bits per heavy atom. The molecule has 0 aliphatic heterocycles. The van der Waals surface area contributed by atoms with Gasteiger partial charge in [0, 0.05) is 78.5 Å². The fourth-order valence-electron chi connectivity index (χ4n) is 6.41. The zero-order chi connectivity index (χ0) is 31.2. The number of hydrogen-bond donors (Lipinski definition) is 6. The summed E-state index contributed by atoms with van der Waals surface area (Å²) in [6.45, 7) is 11.4. The van der Waals surface area contributed by atoms with Gasteiger partial charge in [0.1, 0.15) is 0 Å². The molecule has 6 aromatic rings. The molecular weight excluding hydrogens is 564 g/mol. The summed E-state index contributed by atoms with van der Waals surface area (Å²) < 4.78 is 0. The van der Waals surface area contributed by atoms with E-state index in [2.05, 4.69) is 141 Å². The first-order valence-corrected chi connectivity index (χ1v) is 16.9. The predicted octanol–water partition coefficient (Wildman–Crippen LogP) is 5.54. The lowest BCUT2D eigenvalue weighted by Crippen LogP contribution is -2.37. The van der Waals surface area contributed by atoms with E-state index in [-0.39, 0.29) is 0 Å². The minimum absolute atomic E-state index is 0.876. The van der Waals surface area contributed by atoms with Crippen LogP contribution in [0.3, 0.4) is 0 Å². The smallest absolute Gasteiger partial charge is 0.0218 e. The van der Waals surface area contributed by atoms with Gasteiger partial charge in [0.05, 0.1) is 0 Å². The summed E-state index contributed by atoms with van der Waals surface area (Å²) in [6, 6.07) is 39.4. The average Bonchev–Trinajstić information content (AvgIpc) is 3.10. The molecule has 6 N–H and O–H groups in total. The van der Waals surface area contributed by atoms with Crippen molar-refractivity contribution in [2.45, 2.75) is 13.1 Å². The van der Waals surface area contributed by atoms with Crippen LogP contribution in [0.4, 0.5) is 0 Å². The zero-order valence-corrected chi connectivity index (χ0v) is 26.9. The molecule has 0 aromatic heterocycles. The predicted molar refractivity (Wildman–Crippen MR) is 198 cm³/mol. The van der Waals surface area contributed by atoms with Crippen molar-refractivity contribution in [1.82, 2.24) is 31.9 Å². The number of hydrogen-bond acceptors (Lipinski definition) is 6. The van der Waals surface area contributed by atoms with Gasteiger partial charge in [-0.15, -0.1) is 0 Å². The van der Waals surface area contributed by atoms with E-state index in [1.54, 1.807) is 0 Å². The lowest BCUT2D eigenvalue weighted by atomic mass is 9.97. The van der Waals surface area contributed by atoms with E-state index in [1.165, 1.54) is 54.2 Å². The molecule has 0 aliphatic rings. The van der Waals surface area contributed by atoms with Crippen LogP contribution in [0.2, 0.25) is 0 Å². The third kappa shape index (κ3) is 8.47. The molecule has 6 heteroatoms. The topological polar surface area (TPSA) is 72.2 Å². The van der Waals surface area contributed by atoms with E-state index >= 15 is 0 Å². The fraction of sp³-hybridized carbons (Fsp3) is 0.300. The molecule has 6 aromatic carbocycles. The second-order valence-corrected chi connectivity index (χ2v) is 11.9. The standard InChI is InChI=1S/C40H48N6/c1-5-13-35-31(9-1)27-32-10-2-6-14-36(32)39(35)29-45-25-23-43-21-19-41-17-18-42-20-22-44-24-26-46-30-40-37-15-7-3-11-33(37)28-34-12-4-8-16-38(34)40/h1-16,27-28,41-46H,17-26,29-30H2. The third-order valence-corrected chi connectivity index (χ3v) is 8.76. The van der Waals surface area contributed by atoms with Crippen molar-refractivity contribution in [3.05, 3.63) is 120 Å². The Morgan fingerprint density at radius 2 is 0.522 bits per heavy atom. The first kappa shape index (κ1) is 32.1. The van der Waals surface area contributed by atoms with Crippen molar-refractivity contribution < 1.29 is 0 Å². The molecule has 46 heavy (non-hydrogen) atoms. The van der Waals surface area contributed by atoms with Gasteiger partial charge in [-0.25, -0.2) is 0 Å². The lowest BCUT2D eigenvalue weighted by Gasteiger charge is -2.13. The van der Waals surface area contributed by atoms with E-state index in [0.717, 1.165) is 78.5 Å². The van der Waals surface area contributed by atoms with Gasteiger partial charge in [-0.05, 0) is 66.3 Å². The summed E-state index contributed by atoms with van der Waals surface area (Å²) in [5.41, 5.74) is 2.78. The van der Waals surface area contributed by atoms with Crippen molar-refractivity contribution >= 4 is 43.1 Å². The van der Waals surface area contributed by atoms with Gasteiger partial charge in [-0.1, -0.05) is 97.1 Å². The third-order valence-electron chi connectivity index (χ3n) is 8.76. The molecular formula is C40H48N6. The summed E-state index contributed by atoms with van der Waals surface area (Å²) in [4.78, 5) is 0.